The average molecular weight is 406 g/mol. The van der Waals surface area contributed by atoms with Gasteiger partial charge >= 0.3 is 5.97 Å². The predicted octanol–water partition coefficient (Wildman–Crippen LogP) is 2.45. The molecule has 2 aromatic rings. The molecule has 160 valence electrons. The van der Waals surface area contributed by atoms with Gasteiger partial charge in [-0.05, 0) is 6.42 Å². The van der Waals surface area contributed by atoms with Crippen LogP contribution in [-0.4, -0.2) is 49.4 Å². The highest BCUT2D eigenvalue weighted by atomic mass is 16.6. The summed E-state index contributed by atoms with van der Waals surface area (Å²) in [5.41, 5.74) is 0.180. The van der Waals surface area contributed by atoms with E-state index in [4.69, 9.17) is 9.47 Å². The molecule has 9 nitrogen and oxygen atoms in total. The molecule has 0 aliphatic carbocycles. The second-order valence-electron chi connectivity index (χ2n) is 7.56. The van der Waals surface area contributed by atoms with Crippen LogP contribution in [0.2, 0.25) is 0 Å². The van der Waals surface area contributed by atoms with Crippen molar-refractivity contribution in [2.24, 2.45) is 0 Å². The summed E-state index contributed by atoms with van der Waals surface area (Å²) in [5, 5.41) is 10.4. The molecule has 3 heterocycles. The van der Waals surface area contributed by atoms with Gasteiger partial charge in [-0.3, -0.25) is 14.2 Å². The number of carbonyl (C=O) groups is 1. The Morgan fingerprint density at radius 2 is 2.03 bits per heavy atom. The minimum atomic E-state index is -0.805. The summed E-state index contributed by atoms with van der Waals surface area (Å²) in [7, 11) is 0. The number of rotatable bonds is 11. The summed E-state index contributed by atoms with van der Waals surface area (Å²) in [6.45, 7) is 2.30. The average Bonchev–Trinajstić information content (AvgIpc) is 3.29. The zero-order valence-electron chi connectivity index (χ0n) is 16.9. The molecule has 0 spiro atoms. The lowest BCUT2D eigenvalue weighted by Gasteiger charge is -2.16. The Labute approximate surface area is 169 Å². The monoisotopic (exact) mass is 406 g/mol. The first-order valence-corrected chi connectivity index (χ1v) is 10.5. The van der Waals surface area contributed by atoms with Crippen molar-refractivity contribution in [1.82, 2.24) is 19.5 Å². The van der Waals surface area contributed by atoms with Crippen LogP contribution in [0, 0.1) is 0 Å². The Bertz CT molecular complexity index is 849. The number of fused-ring (bicyclic) bond motifs is 1. The quantitative estimate of drug-likeness (QED) is 0.434. The number of H-pyrrole nitrogens is 1. The van der Waals surface area contributed by atoms with Gasteiger partial charge in [0.2, 0.25) is 0 Å². The van der Waals surface area contributed by atoms with E-state index in [0.717, 1.165) is 19.3 Å². The fraction of sp³-hybridized carbons (Fsp3) is 0.700. The molecule has 1 aliphatic rings. The van der Waals surface area contributed by atoms with E-state index in [-0.39, 0.29) is 23.7 Å². The molecule has 0 saturated carbocycles. The molecule has 0 radical (unpaired) electrons. The number of hydrogen-bond acceptors (Lipinski definition) is 7. The van der Waals surface area contributed by atoms with Crippen molar-refractivity contribution in [3.8, 4) is 0 Å². The zero-order valence-corrected chi connectivity index (χ0v) is 16.9. The van der Waals surface area contributed by atoms with Gasteiger partial charge in [-0.2, -0.15) is 0 Å². The highest BCUT2D eigenvalue weighted by Gasteiger charge is 2.37. The number of nitrogens with zero attached hydrogens (tertiary/aromatic N) is 3. The van der Waals surface area contributed by atoms with E-state index in [0.29, 0.717) is 18.5 Å². The predicted molar refractivity (Wildman–Crippen MR) is 106 cm³/mol. The van der Waals surface area contributed by atoms with E-state index < -0.39 is 18.4 Å². The van der Waals surface area contributed by atoms with Crippen molar-refractivity contribution >= 4 is 17.1 Å². The van der Waals surface area contributed by atoms with Crippen molar-refractivity contribution in [1.29, 1.82) is 0 Å². The summed E-state index contributed by atoms with van der Waals surface area (Å²) >= 11 is 0. The minimum absolute atomic E-state index is 0.101. The molecule has 0 bridgehead atoms. The fourth-order valence-electron chi connectivity index (χ4n) is 3.62. The van der Waals surface area contributed by atoms with Crippen molar-refractivity contribution in [3.63, 3.8) is 0 Å². The number of unbranched alkanes of at least 4 members (excludes halogenated alkanes) is 6. The van der Waals surface area contributed by atoms with Crippen molar-refractivity contribution < 1.29 is 19.4 Å². The van der Waals surface area contributed by atoms with Crippen LogP contribution in [0.5, 0.6) is 0 Å². The second-order valence-corrected chi connectivity index (χ2v) is 7.56. The van der Waals surface area contributed by atoms with Crippen molar-refractivity contribution in [2.45, 2.75) is 83.1 Å². The topological polar surface area (TPSA) is 119 Å². The van der Waals surface area contributed by atoms with Gasteiger partial charge in [0.15, 0.2) is 17.4 Å². The van der Waals surface area contributed by atoms with Crippen LogP contribution in [0.3, 0.4) is 0 Å². The number of aromatic amines is 1. The highest BCUT2D eigenvalue weighted by molar-refractivity contribution is 5.69. The maximum atomic E-state index is 11.9. The number of aliphatic hydroxyl groups excluding tert-OH is 1. The van der Waals surface area contributed by atoms with Crippen LogP contribution in [0.15, 0.2) is 17.4 Å². The van der Waals surface area contributed by atoms with E-state index in [2.05, 4.69) is 21.9 Å². The molecular weight excluding hydrogens is 376 g/mol. The smallest absolute Gasteiger partial charge is 0.305 e. The Hall–Kier alpha value is -2.26. The van der Waals surface area contributed by atoms with Crippen LogP contribution >= 0.6 is 0 Å². The number of ether oxygens (including phenoxy) is 2. The van der Waals surface area contributed by atoms with E-state index in [1.165, 1.54) is 42.9 Å². The van der Waals surface area contributed by atoms with Gasteiger partial charge in [0, 0.05) is 12.8 Å². The third-order valence-corrected chi connectivity index (χ3v) is 5.22. The largest absolute Gasteiger partial charge is 0.463 e. The lowest BCUT2D eigenvalue weighted by Crippen LogP contribution is -2.20. The Balaban J connectivity index is 1.41. The Morgan fingerprint density at radius 3 is 2.83 bits per heavy atom. The summed E-state index contributed by atoms with van der Waals surface area (Å²) in [4.78, 5) is 34.3. The summed E-state index contributed by atoms with van der Waals surface area (Å²) in [5.74, 6) is -0.235. The van der Waals surface area contributed by atoms with Gasteiger partial charge < -0.3 is 19.6 Å². The normalized spacial score (nSPS) is 21.7. The van der Waals surface area contributed by atoms with Gasteiger partial charge in [0.05, 0.1) is 18.8 Å². The molecular formula is C20H30N4O5. The Morgan fingerprint density at radius 1 is 1.28 bits per heavy atom. The molecule has 3 atom stereocenters. The van der Waals surface area contributed by atoms with Gasteiger partial charge in [0.25, 0.3) is 5.56 Å². The summed E-state index contributed by atoms with van der Waals surface area (Å²) in [6.07, 6.45) is 9.54. The molecule has 1 aliphatic heterocycles. The third kappa shape index (κ3) is 5.63. The molecule has 2 N–H and O–H groups in total. The number of carbonyl (C=O) groups excluding carboxylic acids is 1. The van der Waals surface area contributed by atoms with Crippen LogP contribution in [0.1, 0.15) is 70.9 Å². The molecule has 3 rings (SSSR count). The number of hydrogen-bond donors (Lipinski definition) is 2. The highest BCUT2D eigenvalue weighted by Crippen LogP contribution is 2.30. The second kappa shape index (κ2) is 10.5. The van der Waals surface area contributed by atoms with Gasteiger partial charge in [-0.15, -0.1) is 0 Å². The van der Waals surface area contributed by atoms with E-state index in [9.17, 15) is 14.7 Å². The van der Waals surface area contributed by atoms with E-state index in [1.54, 1.807) is 0 Å². The van der Waals surface area contributed by atoms with Crippen LogP contribution in [0.4, 0.5) is 0 Å². The lowest BCUT2D eigenvalue weighted by molar-refractivity contribution is -0.148. The van der Waals surface area contributed by atoms with Crippen LogP contribution in [0.25, 0.3) is 11.2 Å². The van der Waals surface area contributed by atoms with Gasteiger partial charge in [0.1, 0.15) is 12.7 Å². The van der Waals surface area contributed by atoms with Crippen LogP contribution < -0.4 is 5.56 Å². The lowest BCUT2D eigenvalue weighted by atomic mass is 10.1. The molecule has 0 aromatic carbocycles. The van der Waals surface area contributed by atoms with Crippen LogP contribution in [-0.2, 0) is 14.3 Å². The number of aliphatic hydroxyl groups is 1. The molecule has 1 saturated heterocycles. The molecule has 29 heavy (non-hydrogen) atoms. The first kappa shape index (κ1) is 21.4. The van der Waals surface area contributed by atoms with Gasteiger partial charge in [-0.1, -0.05) is 45.4 Å². The maximum Gasteiger partial charge on any atom is 0.305 e. The first-order chi connectivity index (χ1) is 14.1. The number of aromatic nitrogens is 4. The molecule has 0 amide bonds. The van der Waals surface area contributed by atoms with Crippen molar-refractivity contribution in [2.75, 3.05) is 6.61 Å². The standard InChI is InChI=1S/C20H30N4O5/c1-2-3-4-5-6-7-8-9-16(26)28-11-14-10-15(25)20(29-14)24-13-23-17-18(24)21-12-22-19(17)27/h12-15,20,25H,2-11H2,1H3,(H,21,22,27)/t14-,15?,20+/m0/s1. The third-order valence-electron chi connectivity index (χ3n) is 5.22. The molecule has 9 heteroatoms. The number of imidazole rings is 1. The molecule has 1 fully saturated rings. The molecule has 2 aromatic heterocycles. The zero-order chi connectivity index (χ0) is 20.6. The number of esters is 1. The van der Waals surface area contributed by atoms with E-state index >= 15 is 0 Å². The Kier molecular flexibility index (Phi) is 7.76. The number of nitrogens with one attached hydrogen (secondary N) is 1. The summed E-state index contributed by atoms with van der Waals surface area (Å²) in [6, 6.07) is 0. The molecule has 1 unspecified atom stereocenters. The minimum Gasteiger partial charge on any atom is -0.463 e. The fourth-order valence-corrected chi connectivity index (χ4v) is 3.62. The van der Waals surface area contributed by atoms with Crippen molar-refractivity contribution in [3.05, 3.63) is 23.0 Å². The SMILES string of the molecule is CCCCCCCCCC(=O)OC[C@@H]1CC(O)[C@H](n2cnc3c(=O)[nH]cnc32)O1. The first-order valence-electron chi connectivity index (χ1n) is 10.5. The maximum absolute atomic E-state index is 11.9. The van der Waals surface area contributed by atoms with E-state index in [1.807, 2.05) is 0 Å². The summed E-state index contributed by atoms with van der Waals surface area (Å²) < 4.78 is 12.7. The van der Waals surface area contributed by atoms with Gasteiger partial charge in [-0.25, -0.2) is 9.97 Å².